The van der Waals surface area contributed by atoms with E-state index in [1.807, 2.05) is 0 Å². The van der Waals surface area contributed by atoms with Crippen molar-refractivity contribution < 1.29 is 14.0 Å². The third-order valence-corrected chi connectivity index (χ3v) is 2.24. The van der Waals surface area contributed by atoms with Gasteiger partial charge >= 0.3 is 0 Å². The highest BCUT2D eigenvalue weighted by Gasteiger charge is 2.15. The number of hydrogen-bond donors (Lipinski definition) is 2. The lowest BCUT2D eigenvalue weighted by molar-refractivity contribution is -0.124. The molecule has 0 saturated heterocycles. The Morgan fingerprint density at radius 1 is 1.41 bits per heavy atom. The zero-order valence-electron chi connectivity index (χ0n) is 9.38. The maximum atomic E-state index is 13.4. The molecule has 92 valence electrons. The summed E-state index contributed by atoms with van der Waals surface area (Å²) in [6.07, 6.45) is 0. The average Bonchev–Trinajstić information content (AvgIpc) is 2.21. The van der Waals surface area contributed by atoms with Gasteiger partial charge in [0.05, 0.1) is 5.69 Å². The first kappa shape index (κ1) is 13.4. The summed E-state index contributed by atoms with van der Waals surface area (Å²) in [4.78, 5) is 22.3. The van der Waals surface area contributed by atoms with Crippen molar-refractivity contribution in [2.45, 2.75) is 19.9 Å². The summed E-state index contributed by atoms with van der Waals surface area (Å²) in [5, 5.41) is 5.00. The van der Waals surface area contributed by atoms with Gasteiger partial charge in [0.2, 0.25) is 11.8 Å². The predicted octanol–water partition coefficient (Wildman–Crippen LogP) is 1.94. The zero-order chi connectivity index (χ0) is 13.0. The first-order valence-electron chi connectivity index (χ1n) is 4.93. The second-order valence-electron chi connectivity index (χ2n) is 3.54. The van der Waals surface area contributed by atoms with Crippen LogP contribution in [-0.2, 0) is 9.59 Å². The SMILES string of the molecule is CC(=O)NC(C)C(=O)Nc1ccc(Cl)cc1F. The number of rotatable bonds is 3. The molecule has 0 aromatic heterocycles. The first-order chi connectivity index (χ1) is 7.90. The Labute approximate surface area is 103 Å². The molecule has 6 heteroatoms. The molecular weight excluding hydrogens is 247 g/mol. The number of nitrogens with one attached hydrogen (secondary N) is 2. The van der Waals surface area contributed by atoms with Gasteiger partial charge in [-0.15, -0.1) is 0 Å². The van der Waals surface area contributed by atoms with Crippen LogP contribution in [0.2, 0.25) is 5.02 Å². The molecule has 0 saturated carbocycles. The third-order valence-electron chi connectivity index (χ3n) is 2.00. The van der Waals surface area contributed by atoms with Crippen LogP contribution in [0.5, 0.6) is 0 Å². The third kappa shape index (κ3) is 4.03. The van der Waals surface area contributed by atoms with Gasteiger partial charge in [-0.2, -0.15) is 0 Å². The van der Waals surface area contributed by atoms with Crippen molar-refractivity contribution in [2.75, 3.05) is 5.32 Å². The number of carbonyl (C=O) groups is 2. The summed E-state index contributed by atoms with van der Waals surface area (Å²) >= 11 is 5.58. The van der Waals surface area contributed by atoms with E-state index in [0.717, 1.165) is 6.07 Å². The van der Waals surface area contributed by atoms with Crippen molar-refractivity contribution in [1.29, 1.82) is 0 Å². The highest BCUT2D eigenvalue weighted by molar-refractivity contribution is 6.30. The lowest BCUT2D eigenvalue weighted by atomic mass is 10.2. The standard InChI is InChI=1S/C11H12ClFN2O2/c1-6(14-7(2)16)11(17)15-10-4-3-8(12)5-9(10)13/h3-6H,1-2H3,(H,14,16)(H,15,17). The van der Waals surface area contributed by atoms with Crippen molar-refractivity contribution in [1.82, 2.24) is 5.32 Å². The van der Waals surface area contributed by atoms with Gasteiger partial charge in [-0.1, -0.05) is 11.6 Å². The van der Waals surface area contributed by atoms with Gasteiger partial charge in [0.15, 0.2) is 0 Å². The maximum Gasteiger partial charge on any atom is 0.246 e. The van der Waals surface area contributed by atoms with E-state index in [1.54, 1.807) is 0 Å². The zero-order valence-corrected chi connectivity index (χ0v) is 10.1. The number of benzene rings is 1. The Balaban J connectivity index is 2.71. The van der Waals surface area contributed by atoms with Crippen LogP contribution in [0, 0.1) is 5.82 Å². The molecule has 0 aliphatic carbocycles. The van der Waals surface area contributed by atoms with Crippen LogP contribution < -0.4 is 10.6 Å². The fourth-order valence-electron chi connectivity index (χ4n) is 1.20. The lowest BCUT2D eigenvalue weighted by Crippen LogP contribution is -2.40. The van der Waals surface area contributed by atoms with Crippen molar-refractivity contribution in [3.63, 3.8) is 0 Å². The molecule has 17 heavy (non-hydrogen) atoms. The molecular formula is C11H12ClFN2O2. The molecule has 0 heterocycles. The van der Waals surface area contributed by atoms with Gasteiger partial charge in [-0.3, -0.25) is 9.59 Å². The predicted molar refractivity (Wildman–Crippen MR) is 63.3 cm³/mol. The number of hydrogen-bond acceptors (Lipinski definition) is 2. The molecule has 1 rings (SSSR count). The molecule has 0 spiro atoms. The summed E-state index contributed by atoms with van der Waals surface area (Å²) in [7, 11) is 0. The highest BCUT2D eigenvalue weighted by Crippen LogP contribution is 2.18. The molecule has 0 aliphatic rings. The molecule has 0 radical (unpaired) electrons. The Morgan fingerprint density at radius 2 is 2.06 bits per heavy atom. The van der Waals surface area contributed by atoms with E-state index in [4.69, 9.17) is 11.6 Å². The highest BCUT2D eigenvalue weighted by atomic mass is 35.5. The summed E-state index contributed by atoms with van der Waals surface area (Å²) in [5.74, 6) is -1.45. The molecule has 1 atom stereocenters. The Kier molecular flexibility index (Phi) is 4.45. The number of anilines is 1. The van der Waals surface area contributed by atoms with Gasteiger partial charge in [0.1, 0.15) is 11.9 Å². The van der Waals surface area contributed by atoms with Crippen LogP contribution in [0.25, 0.3) is 0 Å². The maximum absolute atomic E-state index is 13.4. The van der Waals surface area contributed by atoms with Gasteiger partial charge in [0.25, 0.3) is 0 Å². The second-order valence-corrected chi connectivity index (χ2v) is 3.97. The normalized spacial score (nSPS) is 11.8. The minimum Gasteiger partial charge on any atom is -0.345 e. The van der Waals surface area contributed by atoms with Crippen LogP contribution in [-0.4, -0.2) is 17.9 Å². The molecule has 0 aliphatic heterocycles. The Hall–Kier alpha value is -1.62. The fourth-order valence-corrected chi connectivity index (χ4v) is 1.36. The lowest BCUT2D eigenvalue weighted by Gasteiger charge is -2.13. The monoisotopic (exact) mass is 258 g/mol. The minimum absolute atomic E-state index is 0.0246. The molecule has 1 unspecified atom stereocenters. The summed E-state index contributed by atoms with van der Waals surface area (Å²) in [6, 6.07) is 3.18. The summed E-state index contributed by atoms with van der Waals surface area (Å²) in [5.41, 5.74) is 0.0246. The largest absolute Gasteiger partial charge is 0.345 e. The minimum atomic E-state index is -0.734. The quantitative estimate of drug-likeness (QED) is 0.871. The molecule has 1 aromatic rings. The number of amides is 2. The number of halogens is 2. The summed E-state index contributed by atoms with van der Waals surface area (Å²) < 4.78 is 13.4. The van der Waals surface area contributed by atoms with Crippen LogP contribution in [0.4, 0.5) is 10.1 Å². The molecule has 2 N–H and O–H groups in total. The van der Waals surface area contributed by atoms with Crippen LogP contribution in [0.3, 0.4) is 0 Å². The van der Waals surface area contributed by atoms with Crippen molar-refractivity contribution in [2.24, 2.45) is 0 Å². The van der Waals surface area contributed by atoms with E-state index >= 15 is 0 Å². The van der Waals surface area contributed by atoms with Crippen molar-refractivity contribution >= 4 is 29.1 Å². The van der Waals surface area contributed by atoms with E-state index in [2.05, 4.69) is 10.6 Å². The van der Waals surface area contributed by atoms with E-state index in [9.17, 15) is 14.0 Å². The van der Waals surface area contributed by atoms with E-state index in [1.165, 1.54) is 26.0 Å². The second kappa shape index (κ2) is 5.63. The first-order valence-corrected chi connectivity index (χ1v) is 5.31. The average molecular weight is 259 g/mol. The van der Waals surface area contributed by atoms with Crippen LogP contribution in [0.15, 0.2) is 18.2 Å². The van der Waals surface area contributed by atoms with Crippen LogP contribution >= 0.6 is 11.6 Å². The van der Waals surface area contributed by atoms with Crippen molar-refractivity contribution in [3.8, 4) is 0 Å². The van der Waals surface area contributed by atoms with E-state index in [-0.39, 0.29) is 16.6 Å². The molecule has 0 fully saturated rings. The summed E-state index contributed by atoms with van der Waals surface area (Å²) in [6.45, 7) is 2.80. The van der Waals surface area contributed by atoms with Gasteiger partial charge < -0.3 is 10.6 Å². The topological polar surface area (TPSA) is 58.2 Å². The number of carbonyl (C=O) groups excluding carboxylic acids is 2. The molecule has 4 nitrogen and oxygen atoms in total. The molecule has 0 bridgehead atoms. The smallest absolute Gasteiger partial charge is 0.246 e. The van der Waals surface area contributed by atoms with Gasteiger partial charge in [-0.25, -0.2) is 4.39 Å². The van der Waals surface area contributed by atoms with E-state index < -0.39 is 17.8 Å². The van der Waals surface area contributed by atoms with Gasteiger partial charge in [-0.05, 0) is 25.1 Å². The molecule has 2 amide bonds. The Bertz CT molecular complexity index is 451. The molecule has 1 aromatic carbocycles. The van der Waals surface area contributed by atoms with Gasteiger partial charge in [0, 0.05) is 11.9 Å². The van der Waals surface area contributed by atoms with Crippen molar-refractivity contribution in [3.05, 3.63) is 29.0 Å². The Morgan fingerprint density at radius 3 is 2.59 bits per heavy atom. The fraction of sp³-hybridized carbons (Fsp3) is 0.273. The van der Waals surface area contributed by atoms with Crippen LogP contribution in [0.1, 0.15) is 13.8 Å². The van der Waals surface area contributed by atoms with E-state index in [0.29, 0.717) is 0 Å².